The second kappa shape index (κ2) is 9.16. The number of benzene rings is 1. The number of carbonyl (C=O) groups is 1. The summed E-state index contributed by atoms with van der Waals surface area (Å²) in [5, 5.41) is 6.91. The van der Waals surface area contributed by atoms with E-state index in [-0.39, 0.29) is 12.1 Å². The van der Waals surface area contributed by atoms with E-state index in [4.69, 9.17) is 16.3 Å². The molecule has 0 aliphatic heterocycles. The highest BCUT2D eigenvalue weighted by Crippen LogP contribution is 2.15. The number of ether oxygens (including phenoxy) is 1. The van der Waals surface area contributed by atoms with Crippen molar-refractivity contribution in [3.8, 4) is 0 Å². The Hall–Kier alpha value is -1.07. The maximum absolute atomic E-state index is 11.9. The van der Waals surface area contributed by atoms with Crippen LogP contribution in [0.25, 0.3) is 0 Å². The van der Waals surface area contributed by atoms with Crippen molar-refractivity contribution in [1.29, 1.82) is 0 Å². The van der Waals surface area contributed by atoms with Crippen molar-refractivity contribution in [2.75, 3.05) is 23.9 Å². The Morgan fingerprint density at radius 1 is 1.41 bits per heavy atom. The van der Waals surface area contributed by atoms with Gasteiger partial charge in [0.1, 0.15) is 5.60 Å². The maximum Gasteiger partial charge on any atom is 0.407 e. The predicted molar refractivity (Wildman–Crippen MR) is 96.1 cm³/mol. The Bertz CT molecular complexity index is 477. The summed E-state index contributed by atoms with van der Waals surface area (Å²) < 4.78 is 5.31. The lowest BCUT2D eigenvalue weighted by Gasteiger charge is -2.24. The van der Waals surface area contributed by atoms with Crippen molar-refractivity contribution >= 4 is 35.1 Å². The summed E-state index contributed by atoms with van der Waals surface area (Å²) in [6.45, 7) is 6.19. The van der Waals surface area contributed by atoms with Crippen LogP contribution in [0.4, 0.5) is 10.5 Å². The van der Waals surface area contributed by atoms with E-state index in [1.807, 2.05) is 45.0 Å². The monoisotopic (exact) mass is 344 g/mol. The van der Waals surface area contributed by atoms with Crippen LogP contribution in [0, 0.1) is 0 Å². The quantitative estimate of drug-likeness (QED) is 0.769. The topological polar surface area (TPSA) is 50.4 Å². The van der Waals surface area contributed by atoms with Crippen LogP contribution < -0.4 is 10.6 Å². The average molecular weight is 345 g/mol. The molecule has 0 unspecified atom stereocenters. The molecule has 0 bridgehead atoms. The van der Waals surface area contributed by atoms with Crippen LogP contribution >= 0.6 is 23.4 Å². The fourth-order valence-electron chi connectivity index (χ4n) is 1.80. The fraction of sp³-hybridized carbons (Fsp3) is 0.562. The van der Waals surface area contributed by atoms with E-state index in [2.05, 4.69) is 16.9 Å². The number of alkyl carbamates (subject to hydrolysis) is 1. The van der Waals surface area contributed by atoms with Crippen molar-refractivity contribution in [1.82, 2.24) is 5.32 Å². The molecule has 0 saturated carbocycles. The first-order valence-electron chi connectivity index (χ1n) is 7.28. The lowest BCUT2D eigenvalue weighted by molar-refractivity contribution is 0.0506. The first-order valence-corrected chi connectivity index (χ1v) is 9.05. The Morgan fingerprint density at radius 2 is 2.14 bits per heavy atom. The summed E-state index contributed by atoms with van der Waals surface area (Å²) >= 11 is 7.72. The normalized spacial score (nSPS) is 12.6. The molecule has 1 aromatic carbocycles. The van der Waals surface area contributed by atoms with Gasteiger partial charge >= 0.3 is 6.09 Å². The summed E-state index contributed by atoms with van der Waals surface area (Å²) in [5.41, 5.74) is 0.446. The van der Waals surface area contributed by atoms with Crippen molar-refractivity contribution in [3.05, 3.63) is 29.3 Å². The molecular weight excluding hydrogens is 320 g/mol. The third kappa shape index (κ3) is 8.39. The van der Waals surface area contributed by atoms with E-state index < -0.39 is 5.60 Å². The first-order chi connectivity index (χ1) is 10.3. The van der Waals surface area contributed by atoms with Gasteiger partial charge < -0.3 is 15.4 Å². The van der Waals surface area contributed by atoms with E-state index in [0.717, 1.165) is 17.9 Å². The zero-order valence-corrected chi connectivity index (χ0v) is 15.2. The van der Waals surface area contributed by atoms with Gasteiger partial charge in [0.25, 0.3) is 0 Å². The number of hydrogen-bond donors (Lipinski definition) is 2. The van der Waals surface area contributed by atoms with Crippen LogP contribution in [0.3, 0.4) is 0 Å². The third-order valence-electron chi connectivity index (χ3n) is 2.77. The van der Waals surface area contributed by atoms with Crippen molar-refractivity contribution in [2.24, 2.45) is 0 Å². The number of thioether (sulfide) groups is 1. The lowest BCUT2D eigenvalue weighted by atomic mass is 10.2. The smallest absolute Gasteiger partial charge is 0.407 e. The molecular formula is C16H25ClN2O2S. The minimum atomic E-state index is -0.492. The van der Waals surface area contributed by atoms with Gasteiger partial charge in [0.2, 0.25) is 0 Å². The van der Waals surface area contributed by atoms with E-state index in [0.29, 0.717) is 11.6 Å². The second-order valence-electron chi connectivity index (χ2n) is 6.02. The van der Waals surface area contributed by atoms with Crippen molar-refractivity contribution in [3.63, 3.8) is 0 Å². The van der Waals surface area contributed by atoms with Gasteiger partial charge in [-0.25, -0.2) is 4.79 Å². The molecule has 1 amide bonds. The summed E-state index contributed by atoms with van der Waals surface area (Å²) in [6, 6.07) is 7.53. The Kier molecular flexibility index (Phi) is 7.90. The summed E-state index contributed by atoms with van der Waals surface area (Å²) in [4.78, 5) is 11.9. The number of amides is 1. The van der Waals surface area contributed by atoms with E-state index >= 15 is 0 Å². The van der Waals surface area contributed by atoms with Gasteiger partial charge in [-0.1, -0.05) is 17.7 Å². The van der Waals surface area contributed by atoms with Crippen LogP contribution in [0.1, 0.15) is 27.2 Å². The molecule has 124 valence electrons. The molecule has 0 spiro atoms. The molecule has 1 aromatic rings. The Morgan fingerprint density at radius 3 is 2.73 bits per heavy atom. The van der Waals surface area contributed by atoms with Gasteiger partial charge in [0.15, 0.2) is 0 Å². The molecule has 0 aromatic heterocycles. The molecule has 6 heteroatoms. The van der Waals surface area contributed by atoms with Crippen LogP contribution in [0.15, 0.2) is 24.3 Å². The molecule has 22 heavy (non-hydrogen) atoms. The molecule has 0 aliphatic rings. The highest BCUT2D eigenvalue weighted by Gasteiger charge is 2.19. The van der Waals surface area contributed by atoms with Gasteiger partial charge in [-0.15, -0.1) is 0 Å². The van der Waals surface area contributed by atoms with E-state index in [1.54, 1.807) is 11.8 Å². The Labute approximate surface area is 142 Å². The first kappa shape index (κ1) is 19.0. The number of hydrogen-bond acceptors (Lipinski definition) is 4. The molecule has 2 N–H and O–H groups in total. The number of carbonyl (C=O) groups excluding carboxylic acids is 1. The second-order valence-corrected chi connectivity index (χ2v) is 7.44. The zero-order valence-electron chi connectivity index (χ0n) is 13.6. The molecule has 0 radical (unpaired) electrons. The average Bonchev–Trinajstić information content (AvgIpc) is 2.40. The highest BCUT2D eigenvalue weighted by atomic mass is 35.5. The number of nitrogens with one attached hydrogen (secondary N) is 2. The van der Waals surface area contributed by atoms with Crippen LogP contribution in [-0.4, -0.2) is 36.3 Å². The van der Waals surface area contributed by atoms with Gasteiger partial charge in [0, 0.05) is 17.3 Å². The summed E-state index contributed by atoms with van der Waals surface area (Å²) in [6.07, 6.45) is 2.54. The van der Waals surface area contributed by atoms with Gasteiger partial charge in [-0.05, 0) is 57.4 Å². The minimum absolute atomic E-state index is 0.00119. The highest BCUT2D eigenvalue weighted by molar-refractivity contribution is 7.98. The molecule has 0 fully saturated rings. The number of anilines is 1. The predicted octanol–water partition coefficient (Wildman–Crippen LogP) is 4.40. The molecule has 0 saturated heterocycles. The van der Waals surface area contributed by atoms with Crippen LogP contribution in [-0.2, 0) is 4.74 Å². The third-order valence-corrected chi connectivity index (χ3v) is 3.65. The van der Waals surface area contributed by atoms with E-state index in [1.165, 1.54) is 0 Å². The zero-order chi connectivity index (χ0) is 16.6. The molecule has 1 rings (SSSR count). The lowest BCUT2D eigenvalue weighted by Crippen LogP contribution is -2.42. The Balaban J connectivity index is 2.54. The molecule has 4 nitrogen and oxygen atoms in total. The fourth-order valence-corrected chi connectivity index (χ4v) is 2.51. The molecule has 1 atom stereocenters. The van der Waals surface area contributed by atoms with Gasteiger partial charge in [-0.3, -0.25) is 0 Å². The minimum Gasteiger partial charge on any atom is -0.444 e. The van der Waals surface area contributed by atoms with Gasteiger partial charge in [-0.2, -0.15) is 11.8 Å². The number of halogens is 1. The largest absolute Gasteiger partial charge is 0.444 e. The van der Waals surface area contributed by atoms with Crippen LogP contribution in [0.2, 0.25) is 5.02 Å². The molecule has 0 heterocycles. The van der Waals surface area contributed by atoms with Gasteiger partial charge in [0.05, 0.1) is 6.04 Å². The van der Waals surface area contributed by atoms with Crippen LogP contribution in [0.5, 0.6) is 0 Å². The molecule has 0 aliphatic carbocycles. The standard InChI is InChI=1S/C16H25ClN2O2S/c1-16(2,3)21-15(20)19-14(8-9-22-4)11-18-13-7-5-6-12(17)10-13/h5-7,10,14,18H,8-9,11H2,1-4H3,(H,19,20)/t14-/m0/s1. The van der Waals surface area contributed by atoms with Crippen molar-refractivity contribution in [2.45, 2.75) is 38.8 Å². The summed E-state index contributed by atoms with van der Waals surface area (Å²) in [7, 11) is 0. The van der Waals surface area contributed by atoms with Crippen molar-refractivity contribution < 1.29 is 9.53 Å². The maximum atomic E-state index is 11.9. The SMILES string of the molecule is CSCC[C@@H](CNc1cccc(Cl)c1)NC(=O)OC(C)(C)C. The summed E-state index contributed by atoms with van der Waals surface area (Å²) in [5.74, 6) is 0.970. The number of rotatable bonds is 7. The van der Waals surface area contributed by atoms with E-state index in [9.17, 15) is 4.79 Å².